The quantitative estimate of drug-likeness (QED) is 0.408. The van der Waals surface area contributed by atoms with E-state index in [4.69, 9.17) is 4.74 Å². The summed E-state index contributed by atoms with van der Waals surface area (Å²) in [6.45, 7) is 7.82. The van der Waals surface area contributed by atoms with Crippen LogP contribution in [-0.2, 0) is 10.3 Å². The summed E-state index contributed by atoms with van der Waals surface area (Å²) >= 11 is 0. The fourth-order valence-electron chi connectivity index (χ4n) is 3.66. The van der Waals surface area contributed by atoms with E-state index in [1.165, 1.54) is 6.33 Å². The maximum atomic E-state index is 13.0. The highest BCUT2D eigenvalue weighted by molar-refractivity contribution is 6.04. The number of nitrogens with zero attached hydrogens (tertiary/aromatic N) is 5. The zero-order valence-electron chi connectivity index (χ0n) is 20.7. The number of benzene rings is 1. The number of methoxy groups -OCH3 is 1. The first-order chi connectivity index (χ1) is 16.7. The van der Waals surface area contributed by atoms with E-state index in [-0.39, 0.29) is 5.91 Å². The van der Waals surface area contributed by atoms with Crippen molar-refractivity contribution in [3.8, 4) is 17.1 Å². The lowest BCUT2D eigenvalue weighted by atomic mass is 9.98. The molecule has 9 heteroatoms. The van der Waals surface area contributed by atoms with Crippen molar-refractivity contribution in [1.82, 2.24) is 24.7 Å². The number of hydrogen-bond donors (Lipinski definition) is 2. The van der Waals surface area contributed by atoms with E-state index < -0.39 is 5.60 Å². The van der Waals surface area contributed by atoms with Gasteiger partial charge in [-0.3, -0.25) is 9.78 Å². The van der Waals surface area contributed by atoms with Crippen LogP contribution in [0.2, 0.25) is 0 Å². The Morgan fingerprint density at radius 3 is 2.60 bits per heavy atom. The highest BCUT2D eigenvalue weighted by atomic mass is 16.5. The number of carbonyl (C=O) groups is 1. The van der Waals surface area contributed by atoms with E-state index >= 15 is 0 Å². The SMILES string of the molecule is CNc1cc(-n2nc(C)cc2-c2cc(NC(=O)c3cncc(C(C)(C)OC)c3)ccc2C)ncn1. The van der Waals surface area contributed by atoms with Gasteiger partial charge in [-0.05, 0) is 57.5 Å². The van der Waals surface area contributed by atoms with Gasteiger partial charge in [-0.2, -0.15) is 5.10 Å². The van der Waals surface area contributed by atoms with Crippen LogP contribution in [0.5, 0.6) is 0 Å². The van der Waals surface area contributed by atoms with Gasteiger partial charge < -0.3 is 15.4 Å². The minimum Gasteiger partial charge on any atom is -0.374 e. The number of pyridine rings is 1. The molecule has 0 saturated heterocycles. The highest BCUT2D eigenvalue weighted by Crippen LogP contribution is 2.30. The summed E-state index contributed by atoms with van der Waals surface area (Å²) in [7, 11) is 3.44. The van der Waals surface area contributed by atoms with Gasteiger partial charge in [0.05, 0.1) is 22.6 Å². The van der Waals surface area contributed by atoms with E-state index in [0.717, 1.165) is 28.1 Å². The molecule has 9 nitrogen and oxygen atoms in total. The third-order valence-corrected chi connectivity index (χ3v) is 5.93. The van der Waals surface area contributed by atoms with Gasteiger partial charge in [0, 0.05) is 49.4 Å². The normalized spacial score (nSPS) is 11.4. The summed E-state index contributed by atoms with van der Waals surface area (Å²) < 4.78 is 7.31. The van der Waals surface area contributed by atoms with Crippen LogP contribution < -0.4 is 10.6 Å². The third kappa shape index (κ3) is 5.04. The molecule has 0 aliphatic rings. The minimum absolute atomic E-state index is 0.250. The zero-order chi connectivity index (χ0) is 25.2. The minimum atomic E-state index is -0.551. The standard InChI is InChI=1S/C26H29N7O2/c1-16-7-8-20(31-25(34)18-10-19(14-28-13-18)26(3,4)35-6)11-21(16)22-9-17(2)32-33(22)24-12-23(27-5)29-15-30-24/h7-15H,1-6H3,(H,31,34)(H,27,29,30). The first-order valence-electron chi connectivity index (χ1n) is 11.2. The molecule has 0 spiro atoms. The van der Waals surface area contributed by atoms with Crippen molar-refractivity contribution < 1.29 is 9.53 Å². The number of amides is 1. The molecule has 1 aromatic carbocycles. The van der Waals surface area contributed by atoms with E-state index in [2.05, 4.69) is 30.7 Å². The van der Waals surface area contributed by atoms with E-state index in [0.29, 0.717) is 22.9 Å². The monoisotopic (exact) mass is 471 g/mol. The molecule has 3 aromatic heterocycles. The number of carbonyl (C=O) groups excluding carboxylic acids is 1. The summed E-state index contributed by atoms with van der Waals surface area (Å²) in [6.07, 6.45) is 4.76. The van der Waals surface area contributed by atoms with Gasteiger partial charge in [-0.1, -0.05) is 6.07 Å². The molecular formula is C26H29N7O2. The largest absolute Gasteiger partial charge is 0.374 e. The molecular weight excluding hydrogens is 442 g/mol. The first kappa shape index (κ1) is 24.0. The number of anilines is 2. The second-order valence-electron chi connectivity index (χ2n) is 8.75. The predicted octanol–water partition coefficient (Wildman–Crippen LogP) is 4.52. The molecule has 4 aromatic rings. The van der Waals surface area contributed by atoms with Crippen LogP contribution >= 0.6 is 0 Å². The molecule has 180 valence electrons. The Hall–Kier alpha value is -4.11. The molecule has 4 rings (SSSR count). The molecule has 0 aliphatic carbocycles. The van der Waals surface area contributed by atoms with Gasteiger partial charge in [0.15, 0.2) is 5.82 Å². The molecule has 0 aliphatic heterocycles. The van der Waals surface area contributed by atoms with Crippen molar-refractivity contribution in [2.45, 2.75) is 33.3 Å². The van der Waals surface area contributed by atoms with Crippen LogP contribution in [0.1, 0.15) is 41.0 Å². The fourth-order valence-corrected chi connectivity index (χ4v) is 3.66. The lowest BCUT2D eigenvalue weighted by molar-refractivity contribution is 0.0189. The summed E-state index contributed by atoms with van der Waals surface area (Å²) in [5.41, 5.74) is 5.07. The van der Waals surface area contributed by atoms with Gasteiger partial charge in [0.25, 0.3) is 5.91 Å². The molecule has 35 heavy (non-hydrogen) atoms. The average Bonchev–Trinajstić information content (AvgIpc) is 3.26. The van der Waals surface area contributed by atoms with E-state index in [9.17, 15) is 4.79 Å². The third-order valence-electron chi connectivity index (χ3n) is 5.93. The zero-order valence-corrected chi connectivity index (χ0v) is 20.7. The van der Waals surface area contributed by atoms with Crippen LogP contribution in [0, 0.1) is 13.8 Å². The number of aromatic nitrogens is 5. The van der Waals surface area contributed by atoms with Crippen molar-refractivity contribution in [2.75, 3.05) is 24.8 Å². The number of ether oxygens (including phenoxy) is 1. The van der Waals surface area contributed by atoms with Crippen molar-refractivity contribution in [1.29, 1.82) is 0 Å². The average molecular weight is 472 g/mol. The topological polar surface area (TPSA) is 107 Å². The fraction of sp³-hybridized carbons (Fsp3) is 0.269. The second kappa shape index (κ2) is 9.63. The molecule has 0 unspecified atom stereocenters. The van der Waals surface area contributed by atoms with E-state index in [1.807, 2.05) is 58.0 Å². The number of hydrogen-bond acceptors (Lipinski definition) is 7. The first-order valence-corrected chi connectivity index (χ1v) is 11.2. The van der Waals surface area contributed by atoms with Crippen molar-refractivity contribution >= 4 is 17.4 Å². The second-order valence-corrected chi connectivity index (χ2v) is 8.75. The van der Waals surface area contributed by atoms with Gasteiger partial charge in [0.2, 0.25) is 0 Å². The van der Waals surface area contributed by atoms with Crippen LogP contribution in [0.3, 0.4) is 0 Å². The smallest absolute Gasteiger partial charge is 0.257 e. The van der Waals surface area contributed by atoms with Crippen molar-refractivity contribution in [3.63, 3.8) is 0 Å². The van der Waals surface area contributed by atoms with Gasteiger partial charge >= 0.3 is 0 Å². The predicted molar refractivity (Wildman–Crippen MR) is 136 cm³/mol. The Morgan fingerprint density at radius 2 is 1.86 bits per heavy atom. The Morgan fingerprint density at radius 1 is 1.06 bits per heavy atom. The van der Waals surface area contributed by atoms with Gasteiger partial charge in [-0.15, -0.1) is 0 Å². The van der Waals surface area contributed by atoms with Crippen LogP contribution in [0.4, 0.5) is 11.5 Å². The summed E-state index contributed by atoms with van der Waals surface area (Å²) in [5.74, 6) is 1.09. The molecule has 0 saturated carbocycles. The van der Waals surface area contributed by atoms with Gasteiger partial charge in [0.1, 0.15) is 12.1 Å². The molecule has 0 radical (unpaired) electrons. The molecule has 1 amide bonds. The Balaban J connectivity index is 1.67. The summed E-state index contributed by atoms with van der Waals surface area (Å²) in [5, 5.41) is 10.7. The van der Waals surface area contributed by atoms with Crippen LogP contribution in [0.15, 0.2) is 55.1 Å². The summed E-state index contributed by atoms with van der Waals surface area (Å²) in [6, 6.07) is 11.4. The number of nitrogens with one attached hydrogen (secondary N) is 2. The summed E-state index contributed by atoms with van der Waals surface area (Å²) in [4.78, 5) is 25.9. The molecule has 3 heterocycles. The maximum Gasteiger partial charge on any atom is 0.257 e. The highest BCUT2D eigenvalue weighted by Gasteiger charge is 2.21. The van der Waals surface area contributed by atoms with E-state index in [1.54, 1.807) is 37.3 Å². The van der Waals surface area contributed by atoms with Gasteiger partial charge in [-0.25, -0.2) is 14.6 Å². The Labute approximate surface area is 204 Å². The molecule has 2 N–H and O–H groups in total. The van der Waals surface area contributed by atoms with Crippen LogP contribution in [0.25, 0.3) is 17.1 Å². The molecule has 0 fully saturated rings. The number of rotatable bonds is 7. The van der Waals surface area contributed by atoms with Crippen molar-refractivity contribution in [2.24, 2.45) is 0 Å². The lowest BCUT2D eigenvalue weighted by Gasteiger charge is -2.23. The Kier molecular flexibility index (Phi) is 6.61. The Bertz CT molecular complexity index is 1380. The molecule has 0 atom stereocenters. The van der Waals surface area contributed by atoms with Crippen molar-refractivity contribution in [3.05, 3.63) is 77.5 Å². The lowest BCUT2D eigenvalue weighted by Crippen LogP contribution is -2.21. The number of aryl methyl sites for hydroxylation is 2. The maximum absolute atomic E-state index is 13.0. The molecule has 0 bridgehead atoms. The van der Waals surface area contributed by atoms with Crippen LogP contribution in [-0.4, -0.2) is 44.8 Å².